The van der Waals surface area contributed by atoms with E-state index in [-0.39, 0.29) is 0 Å². The summed E-state index contributed by atoms with van der Waals surface area (Å²) in [5, 5.41) is 0. The van der Waals surface area contributed by atoms with Crippen LogP contribution >= 0.6 is 0 Å². The predicted molar refractivity (Wildman–Crippen MR) is 56.9 cm³/mol. The SMILES string of the molecule is CCCCOC(C)OC(C)OS(=O)(=O)C(F)(F)F. The second-order valence-corrected chi connectivity index (χ2v) is 5.06. The Morgan fingerprint density at radius 2 is 1.72 bits per heavy atom. The van der Waals surface area contributed by atoms with Gasteiger partial charge in [-0.1, -0.05) is 13.3 Å². The van der Waals surface area contributed by atoms with Crippen molar-refractivity contribution in [3.05, 3.63) is 0 Å². The number of ether oxygens (including phenoxy) is 2. The average molecular weight is 294 g/mol. The Balaban J connectivity index is 4.15. The standard InChI is InChI=1S/C9H17F3O5S/c1-4-5-6-15-7(2)16-8(3)17-18(13,14)9(10,11)12/h7-8H,4-6H2,1-3H3. The molecule has 0 amide bonds. The highest BCUT2D eigenvalue weighted by Gasteiger charge is 2.48. The summed E-state index contributed by atoms with van der Waals surface area (Å²) < 4.78 is 70.9. The van der Waals surface area contributed by atoms with Crippen LogP contribution in [0.4, 0.5) is 13.2 Å². The minimum atomic E-state index is -5.65. The van der Waals surface area contributed by atoms with Crippen LogP contribution in [-0.4, -0.2) is 33.1 Å². The Bertz CT molecular complexity index is 328. The van der Waals surface area contributed by atoms with E-state index in [0.29, 0.717) is 6.61 Å². The Morgan fingerprint density at radius 1 is 1.17 bits per heavy atom. The molecule has 0 saturated carbocycles. The summed E-state index contributed by atoms with van der Waals surface area (Å²) in [5.41, 5.74) is -5.46. The number of hydrogen-bond donors (Lipinski definition) is 0. The van der Waals surface area contributed by atoms with Crippen molar-refractivity contribution in [2.45, 2.75) is 51.7 Å². The van der Waals surface area contributed by atoms with Crippen molar-refractivity contribution in [2.24, 2.45) is 0 Å². The van der Waals surface area contributed by atoms with E-state index < -0.39 is 28.2 Å². The molecule has 2 atom stereocenters. The first kappa shape index (κ1) is 17.6. The van der Waals surface area contributed by atoms with Crippen LogP contribution in [0.25, 0.3) is 0 Å². The molecule has 0 aliphatic rings. The molecule has 0 bridgehead atoms. The molecule has 18 heavy (non-hydrogen) atoms. The molecular weight excluding hydrogens is 277 g/mol. The summed E-state index contributed by atoms with van der Waals surface area (Å²) in [5.74, 6) is 0. The molecule has 0 aromatic rings. The Labute approximate surface area is 104 Å². The van der Waals surface area contributed by atoms with E-state index in [1.165, 1.54) is 6.92 Å². The zero-order valence-corrected chi connectivity index (χ0v) is 11.2. The second-order valence-electron chi connectivity index (χ2n) is 3.49. The minimum absolute atomic E-state index is 0.371. The lowest BCUT2D eigenvalue weighted by Gasteiger charge is -2.19. The molecule has 0 saturated heterocycles. The van der Waals surface area contributed by atoms with Crippen molar-refractivity contribution in [1.29, 1.82) is 0 Å². The molecule has 0 rings (SSSR count). The fraction of sp³-hybridized carbons (Fsp3) is 1.00. The predicted octanol–water partition coefficient (Wildman–Crippen LogP) is 2.38. The number of unbranched alkanes of at least 4 members (excludes halogenated alkanes) is 1. The molecule has 2 unspecified atom stereocenters. The van der Waals surface area contributed by atoms with Crippen molar-refractivity contribution in [3.8, 4) is 0 Å². The van der Waals surface area contributed by atoms with Crippen molar-refractivity contribution < 1.29 is 35.2 Å². The van der Waals surface area contributed by atoms with Gasteiger partial charge in [0.15, 0.2) is 12.6 Å². The van der Waals surface area contributed by atoms with Crippen LogP contribution in [0.15, 0.2) is 0 Å². The van der Waals surface area contributed by atoms with E-state index in [1.807, 2.05) is 6.92 Å². The summed E-state index contributed by atoms with van der Waals surface area (Å²) in [4.78, 5) is 0. The first-order chi connectivity index (χ1) is 8.10. The van der Waals surface area contributed by atoms with Crippen LogP contribution in [0.5, 0.6) is 0 Å². The van der Waals surface area contributed by atoms with E-state index in [4.69, 9.17) is 9.47 Å². The van der Waals surface area contributed by atoms with E-state index in [9.17, 15) is 21.6 Å². The molecule has 9 heteroatoms. The summed E-state index contributed by atoms with van der Waals surface area (Å²) in [7, 11) is -5.65. The van der Waals surface area contributed by atoms with Crippen molar-refractivity contribution in [3.63, 3.8) is 0 Å². The van der Waals surface area contributed by atoms with Gasteiger partial charge in [-0.05, 0) is 20.3 Å². The average Bonchev–Trinajstić information content (AvgIpc) is 2.14. The van der Waals surface area contributed by atoms with E-state index >= 15 is 0 Å². The monoisotopic (exact) mass is 294 g/mol. The molecule has 0 spiro atoms. The highest BCUT2D eigenvalue weighted by molar-refractivity contribution is 7.87. The summed E-state index contributed by atoms with van der Waals surface area (Å²) in [6, 6.07) is 0. The fourth-order valence-electron chi connectivity index (χ4n) is 0.958. The topological polar surface area (TPSA) is 61.8 Å². The molecule has 110 valence electrons. The summed E-state index contributed by atoms with van der Waals surface area (Å²) >= 11 is 0. The third kappa shape index (κ3) is 6.53. The second kappa shape index (κ2) is 7.27. The Kier molecular flexibility index (Phi) is 7.11. The Hall–Kier alpha value is -0.380. The molecule has 0 aromatic carbocycles. The lowest BCUT2D eigenvalue weighted by Crippen LogP contribution is -2.32. The minimum Gasteiger partial charge on any atom is -0.353 e. The molecule has 0 N–H and O–H groups in total. The summed E-state index contributed by atoms with van der Waals surface area (Å²) in [6.45, 7) is 4.80. The lowest BCUT2D eigenvalue weighted by molar-refractivity contribution is -0.206. The van der Waals surface area contributed by atoms with Crippen LogP contribution in [0.1, 0.15) is 33.6 Å². The zero-order valence-electron chi connectivity index (χ0n) is 10.4. The van der Waals surface area contributed by atoms with Gasteiger partial charge in [0.2, 0.25) is 0 Å². The number of rotatable bonds is 8. The number of halogens is 3. The smallest absolute Gasteiger partial charge is 0.353 e. The molecule has 0 aromatic heterocycles. The van der Waals surface area contributed by atoms with Gasteiger partial charge in [-0.2, -0.15) is 21.6 Å². The molecule has 0 radical (unpaired) electrons. The van der Waals surface area contributed by atoms with Gasteiger partial charge >= 0.3 is 15.6 Å². The molecule has 0 fully saturated rings. The van der Waals surface area contributed by atoms with Gasteiger partial charge < -0.3 is 9.47 Å². The van der Waals surface area contributed by atoms with E-state index in [2.05, 4.69) is 4.18 Å². The van der Waals surface area contributed by atoms with Crippen molar-refractivity contribution >= 4 is 10.1 Å². The lowest BCUT2D eigenvalue weighted by atomic mass is 10.4. The van der Waals surface area contributed by atoms with Crippen molar-refractivity contribution in [2.75, 3.05) is 6.61 Å². The van der Waals surface area contributed by atoms with Gasteiger partial charge in [-0.3, -0.25) is 0 Å². The van der Waals surface area contributed by atoms with Crippen molar-refractivity contribution in [1.82, 2.24) is 0 Å². The maximum absolute atomic E-state index is 12.0. The number of alkyl halides is 3. The largest absolute Gasteiger partial charge is 0.523 e. The first-order valence-electron chi connectivity index (χ1n) is 5.36. The van der Waals surface area contributed by atoms with Crippen LogP contribution in [0.2, 0.25) is 0 Å². The van der Waals surface area contributed by atoms with Crippen LogP contribution in [0, 0.1) is 0 Å². The van der Waals surface area contributed by atoms with Gasteiger partial charge in [-0.15, -0.1) is 0 Å². The van der Waals surface area contributed by atoms with Gasteiger partial charge in [0.25, 0.3) is 0 Å². The highest BCUT2D eigenvalue weighted by Crippen LogP contribution is 2.26. The fourth-order valence-corrected chi connectivity index (χ4v) is 1.47. The molecular formula is C9H17F3O5S. The van der Waals surface area contributed by atoms with E-state index in [1.54, 1.807) is 0 Å². The summed E-state index contributed by atoms with van der Waals surface area (Å²) in [6.07, 6.45) is -0.770. The molecule has 0 aliphatic heterocycles. The maximum Gasteiger partial charge on any atom is 0.523 e. The van der Waals surface area contributed by atoms with Gasteiger partial charge in [0.1, 0.15) is 0 Å². The highest BCUT2D eigenvalue weighted by atomic mass is 32.2. The first-order valence-corrected chi connectivity index (χ1v) is 6.77. The molecule has 5 nitrogen and oxygen atoms in total. The van der Waals surface area contributed by atoms with Crippen LogP contribution in [0.3, 0.4) is 0 Å². The van der Waals surface area contributed by atoms with Gasteiger partial charge in [-0.25, -0.2) is 4.18 Å². The zero-order chi connectivity index (χ0) is 14.4. The number of hydrogen-bond acceptors (Lipinski definition) is 5. The van der Waals surface area contributed by atoms with Gasteiger partial charge in [0.05, 0.1) is 0 Å². The quantitative estimate of drug-likeness (QED) is 0.298. The Morgan fingerprint density at radius 3 is 2.17 bits per heavy atom. The van der Waals surface area contributed by atoms with Crippen LogP contribution < -0.4 is 0 Å². The molecule has 0 aliphatic carbocycles. The third-order valence-electron chi connectivity index (χ3n) is 1.78. The van der Waals surface area contributed by atoms with Crippen LogP contribution in [-0.2, 0) is 23.8 Å². The normalized spacial score (nSPS) is 16.6. The molecule has 0 heterocycles. The third-order valence-corrected chi connectivity index (χ3v) is 2.87. The maximum atomic E-state index is 12.0. The van der Waals surface area contributed by atoms with Gasteiger partial charge in [0, 0.05) is 6.61 Å². The van der Waals surface area contributed by atoms with E-state index in [0.717, 1.165) is 19.8 Å².